The zero-order valence-corrected chi connectivity index (χ0v) is 9.51. The molecule has 0 aromatic heterocycles. The summed E-state index contributed by atoms with van der Waals surface area (Å²) in [6, 6.07) is 3.33. The van der Waals surface area contributed by atoms with Gasteiger partial charge in [-0.15, -0.1) is 0 Å². The van der Waals surface area contributed by atoms with E-state index in [4.69, 9.17) is 15.6 Å². The Labute approximate surface area is 97.0 Å². The van der Waals surface area contributed by atoms with E-state index in [0.29, 0.717) is 5.56 Å². The fourth-order valence-corrected chi connectivity index (χ4v) is 1.37. The van der Waals surface area contributed by atoms with Crippen molar-refractivity contribution in [1.29, 1.82) is 0 Å². The van der Waals surface area contributed by atoms with E-state index in [0.717, 1.165) is 13.2 Å². The average molecular weight is 249 g/mol. The van der Waals surface area contributed by atoms with Gasteiger partial charge < -0.3 is 15.6 Å². The van der Waals surface area contributed by atoms with Crippen LogP contribution in [0.4, 0.5) is 13.2 Å². The number of aliphatic hydroxyl groups is 1. The van der Waals surface area contributed by atoms with Crippen LogP contribution in [0.5, 0.6) is 5.75 Å². The highest BCUT2D eigenvalue weighted by atomic mass is 19.4. The minimum atomic E-state index is -4.48. The van der Waals surface area contributed by atoms with Crippen molar-refractivity contribution in [3.8, 4) is 5.75 Å². The summed E-state index contributed by atoms with van der Waals surface area (Å²) in [7, 11) is 1.15. The first-order chi connectivity index (χ1) is 7.72. The van der Waals surface area contributed by atoms with Gasteiger partial charge in [0, 0.05) is 0 Å². The predicted octanol–water partition coefficient (Wildman–Crippen LogP) is 1.88. The summed E-state index contributed by atoms with van der Waals surface area (Å²) in [6.45, 7) is 1.15. The Hall–Kier alpha value is -1.27. The maximum absolute atomic E-state index is 12.6. The Balaban J connectivity index is 3.27. The molecule has 17 heavy (non-hydrogen) atoms. The van der Waals surface area contributed by atoms with Crippen LogP contribution in [-0.4, -0.2) is 18.8 Å². The van der Waals surface area contributed by atoms with Crippen LogP contribution < -0.4 is 10.5 Å². The number of benzene rings is 1. The molecule has 0 aliphatic rings. The lowest BCUT2D eigenvalue weighted by Crippen LogP contribution is -2.37. The molecule has 3 N–H and O–H groups in total. The van der Waals surface area contributed by atoms with Gasteiger partial charge in [0.15, 0.2) is 0 Å². The first-order valence-electron chi connectivity index (χ1n) is 4.88. The van der Waals surface area contributed by atoms with E-state index in [2.05, 4.69) is 0 Å². The number of nitrogens with two attached hydrogens (primary N) is 1. The number of aliphatic hydroxyl groups excluding tert-OH is 1. The van der Waals surface area contributed by atoms with Gasteiger partial charge in [-0.1, -0.05) is 6.07 Å². The van der Waals surface area contributed by atoms with Crippen molar-refractivity contribution in [2.45, 2.75) is 18.6 Å². The summed E-state index contributed by atoms with van der Waals surface area (Å²) in [5.74, 6) is -0.305. The number of hydrogen-bond donors (Lipinski definition) is 2. The third kappa shape index (κ3) is 2.89. The Bertz CT molecular complexity index is 402. The van der Waals surface area contributed by atoms with Crippen LogP contribution in [-0.2, 0) is 11.7 Å². The SMILES string of the molecule is COc1cc(C(C)(N)CO)ccc1C(F)(F)F. The minimum absolute atomic E-state index is 0.305. The normalized spacial score (nSPS) is 15.5. The van der Waals surface area contributed by atoms with E-state index < -0.39 is 17.3 Å². The van der Waals surface area contributed by atoms with Gasteiger partial charge in [-0.2, -0.15) is 13.2 Å². The Morgan fingerprint density at radius 3 is 2.35 bits per heavy atom. The van der Waals surface area contributed by atoms with E-state index in [1.165, 1.54) is 19.1 Å². The molecule has 1 unspecified atom stereocenters. The fourth-order valence-electron chi connectivity index (χ4n) is 1.37. The van der Waals surface area contributed by atoms with Crippen LogP contribution in [0, 0.1) is 0 Å². The lowest BCUT2D eigenvalue weighted by atomic mass is 9.93. The molecule has 0 amide bonds. The van der Waals surface area contributed by atoms with Crippen molar-refractivity contribution in [1.82, 2.24) is 0 Å². The topological polar surface area (TPSA) is 55.5 Å². The fraction of sp³-hybridized carbons (Fsp3) is 0.455. The van der Waals surface area contributed by atoms with E-state index in [1.807, 2.05) is 0 Å². The van der Waals surface area contributed by atoms with Gasteiger partial charge in [0.25, 0.3) is 0 Å². The quantitative estimate of drug-likeness (QED) is 0.860. The lowest BCUT2D eigenvalue weighted by molar-refractivity contribution is -0.138. The molecule has 96 valence electrons. The van der Waals surface area contributed by atoms with Gasteiger partial charge in [-0.25, -0.2) is 0 Å². The average Bonchev–Trinajstić information content (AvgIpc) is 2.27. The van der Waals surface area contributed by atoms with Gasteiger partial charge in [0.2, 0.25) is 0 Å². The Kier molecular flexibility index (Phi) is 3.68. The van der Waals surface area contributed by atoms with Crippen LogP contribution in [0.15, 0.2) is 18.2 Å². The predicted molar refractivity (Wildman–Crippen MR) is 56.6 cm³/mol. The first kappa shape index (κ1) is 13.8. The molecule has 0 heterocycles. The molecule has 0 bridgehead atoms. The number of alkyl halides is 3. The molecule has 0 saturated carbocycles. The van der Waals surface area contributed by atoms with Crippen molar-refractivity contribution in [2.75, 3.05) is 13.7 Å². The molecule has 3 nitrogen and oxygen atoms in total. The highest BCUT2D eigenvalue weighted by Crippen LogP contribution is 2.37. The summed E-state index contributed by atoms with van der Waals surface area (Å²) in [6.07, 6.45) is -4.48. The smallest absolute Gasteiger partial charge is 0.419 e. The Morgan fingerprint density at radius 1 is 1.35 bits per heavy atom. The van der Waals surface area contributed by atoms with Gasteiger partial charge in [0.1, 0.15) is 5.75 Å². The van der Waals surface area contributed by atoms with E-state index in [1.54, 1.807) is 0 Å². The number of rotatable bonds is 3. The molecule has 0 aliphatic carbocycles. The second-order valence-electron chi connectivity index (χ2n) is 3.99. The van der Waals surface area contributed by atoms with Crippen LogP contribution in [0.1, 0.15) is 18.1 Å². The van der Waals surface area contributed by atoms with Gasteiger partial charge in [-0.3, -0.25) is 0 Å². The van der Waals surface area contributed by atoms with E-state index in [9.17, 15) is 13.2 Å². The standard InChI is InChI=1S/C11H14F3NO2/c1-10(15,6-16)7-3-4-8(11(12,13)14)9(5-7)17-2/h3-5,16H,6,15H2,1-2H3. The lowest BCUT2D eigenvalue weighted by Gasteiger charge is -2.24. The number of halogens is 3. The third-order valence-corrected chi connectivity index (χ3v) is 2.49. The number of hydrogen-bond acceptors (Lipinski definition) is 3. The van der Waals surface area contributed by atoms with E-state index in [-0.39, 0.29) is 12.4 Å². The summed E-state index contributed by atoms with van der Waals surface area (Å²) >= 11 is 0. The summed E-state index contributed by atoms with van der Waals surface area (Å²) in [5.41, 5.74) is 4.15. The maximum Gasteiger partial charge on any atom is 0.419 e. The van der Waals surface area contributed by atoms with Crippen LogP contribution in [0.2, 0.25) is 0 Å². The molecule has 0 fully saturated rings. The molecule has 1 aromatic rings. The van der Waals surface area contributed by atoms with E-state index >= 15 is 0 Å². The molecule has 1 atom stereocenters. The molecule has 0 saturated heterocycles. The van der Waals surface area contributed by atoms with Crippen molar-refractivity contribution in [2.24, 2.45) is 5.73 Å². The van der Waals surface area contributed by atoms with Crippen molar-refractivity contribution in [3.63, 3.8) is 0 Å². The van der Waals surface area contributed by atoms with Crippen LogP contribution in [0.3, 0.4) is 0 Å². The third-order valence-electron chi connectivity index (χ3n) is 2.49. The van der Waals surface area contributed by atoms with Gasteiger partial charge in [0.05, 0.1) is 24.8 Å². The molecule has 0 aliphatic heterocycles. The molecular weight excluding hydrogens is 235 g/mol. The number of methoxy groups -OCH3 is 1. The zero-order chi connectivity index (χ0) is 13.3. The monoisotopic (exact) mass is 249 g/mol. The van der Waals surface area contributed by atoms with Crippen LogP contribution >= 0.6 is 0 Å². The first-order valence-corrected chi connectivity index (χ1v) is 4.88. The molecule has 1 aromatic carbocycles. The molecule has 0 spiro atoms. The van der Waals surface area contributed by atoms with Crippen molar-refractivity contribution >= 4 is 0 Å². The van der Waals surface area contributed by atoms with Crippen molar-refractivity contribution < 1.29 is 23.0 Å². The largest absolute Gasteiger partial charge is 0.496 e. The zero-order valence-electron chi connectivity index (χ0n) is 9.51. The molecule has 1 rings (SSSR count). The molecule has 6 heteroatoms. The summed E-state index contributed by atoms with van der Waals surface area (Å²) in [4.78, 5) is 0. The molecular formula is C11H14F3NO2. The van der Waals surface area contributed by atoms with Gasteiger partial charge in [-0.05, 0) is 24.6 Å². The highest BCUT2D eigenvalue weighted by Gasteiger charge is 2.35. The van der Waals surface area contributed by atoms with Gasteiger partial charge >= 0.3 is 6.18 Å². The number of ether oxygens (including phenoxy) is 1. The molecule has 0 radical (unpaired) electrons. The maximum atomic E-state index is 12.6. The second kappa shape index (κ2) is 4.54. The minimum Gasteiger partial charge on any atom is -0.496 e. The second-order valence-corrected chi connectivity index (χ2v) is 3.99. The summed E-state index contributed by atoms with van der Waals surface area (Å²) < 4.78 is 42.4. The van der Waals surface area contributed by atoms with Crippen molar-refractivity contribution in [3.05, 3.63) is 29.3 Å². The Morgan fingerprint density at radius 2 is 1.94 bits per heavy atom. The van der Waals surface area contributed by atoms with Crippen LogP contribution in [0.25, 0.3) is 0 Å². The highest BCUT2D eigenvalue weighted by molar-refractivity contribution is 5.41. The summed E-state index contributed by atoms with van der Waals surface area (Å²) in [5, 5.41) is 9.05.